The van der Waals surface area contributed by atoms with Crippen LogP contribution in [0.1, 0.15) is 19.3 Å². The van der Waals surface area contributed by atoms with Gasteiger partial charge < -0.3 is 5.32 Å². The summed E-state index contributed by atoms with van der Waals surface area (Å²) in [7, 11) is -2.72. The smallest absolute Gasteiger partial charge is 0.151 e. The van der Waals surface area contributed by atoms with Crippen molar-refractivity contribution in [3.8, 4) is 0 Å². The van der Waals surface area contributed by atoms with Crippen molar-refractivity contribution in [1.29, 1.82) is 0 Å². The number of sulfone groups is 1. The zero-order valence-corrected chi connectivity index (χ0v) is 7.94. The molecule has 0 spiro atoms. The van der Waals surface area contributed by atoms with Crippen LogP contribution >= 0.6 is 0 Å². The highest BCUT2D eigenvalue weighted by molar-refractivity contribution is 7.91. The van der Waals surface area contributed by atoms with Gasteiger partial charge in [0.15, 0.2) is 9.84 Å². The quantitative estimate of drug-likeness (QED) is 0.591. The molecule has 70 valence electrons. The highest BCUT2D eigenvalue weighted by atomic mass is 32.2. The third-order valence-electron chi connectivity index (χ3n) is 2.96. The Balaban J connectivity index is 2.08. The van der Waals surface area contributed by atoms with E-state index in [1.54, 1.807) is 0 Å². The van der Waals surface area contributed by atoms with Crippen molar-refractivity contribution in [2.24, 2.45) is 5.92 Å². The lowest BCUT2D eigenvalue weighted by molar-refractivity contribution is 0.282. The van der Waals surface area contributed by atoms with E-state index < -0.39 is 9.84 Å². The number of fused-ring (bicyclic) bond motifs is 1. The molecule has 3 nitrogen and oxygen atoms in total. The van der Waals surface area contributed by atoms with Crippen molar-refractivity contribution in [2.75, 3.05) is 18.1 Å². The molecular formula is C8H15NO2S. The van der Waals surface area contributed by atoms with Crippen molar-refractivity contribution in [3.63, 3.8) is 0 Å². The Kier molecular flexibility index (Phi) is 2.12. The summed E-state index contributed by atoms with van der Waals surface area (Å²) >= 11 is 0. The first-order chi connectivity index (χ1) is 5.67. The predicted octanol–water partition coefficient (Wildman–Crippen LogP) is 0.173. The van der Waals surface area contributed by atoms with Gasteiger partial charge in [0.05, 0.1) is 11.5 Å². The molecule has 2 heterocycles. The first-order valence-electron chi connectivity index (χ1n) is 4.61. The molecular weight excluding hydrogens is 174 g/mol. The summed E-state index contributed by atoms with van der Waals surface area (Å²) in [6.07, 6.45) is 3.30. The van der Waals surface area contributed by atoms with Crippen LogP contribution in [0.4, 0.5) is 0 Å². The third kappa shape index (κ3) is 1.64. The Morgan fingerprint density at radius 1 is 1.25 bits per heavy atom. The second-order valence-corrected chi connectivity index (χ2v) is 6.09. The number of nitrogens with one attached hydrogen (secondary N) is 1. The normalized spacial score (nSPS) is 40.3. The number of piperidine rings is 1. The Morgan fingerprint density at radius 3 is 2.92 bits per heavy atom. The van der Waals surface area contributed by atoms with E-state index in [0.717, 1.165) is 13.0 Å². The second-order valence-electron chi connectivity index (χ2n) is 3.87. The number of rotatable bonds is 0. The fourth-order valence-corrected chi connectivity index (χ4v) is 4.01. The van der Waals surface area contributed by atoms with E-state index in [4.69, 9.17) is 0 Å². The zero-order chi connectivity index (χ0) is 8.60. The first kappa shape index (κ1) is 8.51. The molecule has 0 aromatic rings. The SMILES string of the molecule is O=S1(=O)CCC2CCCNC2C1. The van der Waals surface area contributed by atoms with Gasteiger partial charge in [-0.25, -0.2) is 8.42 Å². The summed E-state index contributed by atoms with van der Waals surface area (Å²) < 4.78 is 22.5. The van der Waals surface area contributed by atoms with E-state index in [1.165, 1.54) is 12.8 Å². The van der Waals surface area contributed by atoms with E-state index in [-0.39, 0.29) is 6.04 Å². The maximum atomic E-state index is 11.3. The molecule has 2 unspecified atom stereocenters. The Bertz CT molecular complexity index is 260. The van der Waals surface area contributed by atoms with Gasteiger partial charge in [-0.1, -0.05) is 0 Å². The van der Waals surface area contributed by atoms with Gasteiger partial charge in [0.25, 0.3) is 0 Å². The lowest BCUT2D eigenvalue weighted by Gasteiger charge is -2.35. The van der Waals surface area contributed by atoms with Crippen LogP contribution < -0.4 is 5.32 Å². The second kappa shape index (κ2) is 3.00. The summed E-state index contributed by atoms with van der Waals surface area (Å²) in [4.78, 5) is 0. The first-order valence-corrected chi connectivity index (χ1v) is 6.43. The van der Waals surface area contributed by atoms with E-state index in [9.17, 15) is 8.42 Å². The van der Waals surface area contributed by atoms with Gasteiger partial charge in [-0.2, -0.15) is 0 Å². The monoisotopic (exact) mass is 189 g/mol. The highest BCUT2D eigenvalue weighted by Gasteiger charge is 2.34. The molecule has 0 aliphatic carbocycles. The van der Waals surface area contributed by atoms with Crippen molar-refractivity contribution in [1.82, 2.24) is 5.32 Å². The van der Waals surface area contributed by atoms with Gasteiger partial charge in [-0.15, -0.1) is 0 Å². The van der Waals surface area contributed by atoms with Gasteiger partial charge in [0, 0.05) is 6.04 Å². The minimum atomic E-state index is -2.72. The third-order valence-corrected chi connectivity index (χ3v) is 4.69. The van der Waals surface area contributed by atoms with Crippen molar-refractivity contribution >= 4 is 9.84 Å². The largest absolute Gasteiger partial charge is 0.313 e. The maximum Gasteiger partial charge on any atom is 0.151 e. The number of hydrogen-bond acceptors (Lipinski definition) is 3. The molecule has 0 aromatic carbocycles. The maximum absolute atomic E-state index is 11.3. The van der Waals surface area contributed by atoms with Gasteiger partial charge >= 0.3 is 0 Å². The highest BCUT2D eigenvalue weighted by Crippen LogP contribution is 2.26. The molecule has 2 aliphatic heterocycles. The summed E-state index contributed by atoms with van der Waals surface area (Å²) in [5, 5.41) is 3.30. The topological polar surface area (TPSA) is 46.2 Å². The van der Waals surface area contributed by atoms with Crippen LogP contribution in [0.2, 0.25) is 0 Å². The van der Waals surface area contributed by atoms with Crippen LogP contribution in [-0.4, -0.2) is 32.5 Å². The van der Waals surface area contributed by atoms with Crippen LogP contribution in [0.25, 0.3) is 0 Å². The molecule has 4 heteroatoms. The Labute approximate surface area is 73.5 Å². The molecule has 0 amide bonds. The standard InChI is InChI=1S/C8H15NO2S/c10-12(11)5-3-7-2-1-4-9-8(7)6-12/h7-9H,1-6H2. The van der Waals surface area contributed by atoms with Crippen molar-refractivity contribution in [2.45, 2.75) is 25.3 Å². The van der Waals surface area contributed by atoms with Crippen LogP contribution in [0.15, 0.2) is 0 Å². The summed E-state index contributed by atoms with van der Waals surface area (Å²) in [6.45, 7) is 0.997. The van der Waals surface area contributed by atoms with Gasteiger partial charge in [0.1, 0.15) is 0 Å². The molecule has 12 heavy (non-hydrogen) atoms. The molecule has 0 radical (unpaired) electrons. The lowest BCUT2D eigenvalue weighted by atomic mass is 9.89. The lowest BCUT2D eigenvalue weighted by Crippen LogP contribution is -2.49. The van der Waals surface area contributed by atoms with E-state index in [0.29, 0.717) is 17.4 Å². The Hall–Kier alpha value is -0.0900. The molecule has 1 N–H and O–H groups in total. The number of hydrogen-bond donors (Lipinski definition) is 1. The van der Waals surface area contributed by atoms with Crippen molar-refractivity contribution in [3.05, 3.63) is 0 Å². The Morgan fingerprint density at radius 2 is 2.08 bits per heavy atom. The molecule has 0 aromatic heterocycles. The minimum Gasteiger partial charge on any atom is -0.313 e. The molecule has 0 saturated carbocycles. The van der Waals surface area contributed by atoms with Crippen LogP contribution in [-0.2, 0) is 9.84 Å². The van der Waals surface area contributed by atoms with Gasteiger partial charge in [-0.3, -0.25) is 0 Å². The molecule has 2 saturated heterocycles. The summed E-state index contributed by atoms with van der Waals surface area (Å²) in [5.74, 6) is 1.41. The van der Waals surface area contributed by atoms with Gasteiger partial charge in [-0.05, 0) is 31.7 Å². The molecule has 2 fully saturated rings. The molecule has 0 bridgehead atoms. The predicted molar refractivity (Wildman–Crippen MR) is 47.8 cm³/mol. The van der Waals surface area contributed by atoms with E-state index in [1.807, 2.05) is 0 Å². The van der Waals surface area contributed by atoms with Crippen molar-refractivity contribution < 1.29 is 8.42 Å². The van der Waals surface area contributed by atoms with Crippen LogP contribution in [0, 0.1) is 5.92 Å². The van der Waals surface area contributed by atoms with Crippen LogP contribution in [0.5, 0.6) is 0 Å². The fourth-order valence-electron chi connectivity index (χ4n) is 2.25. The van der Waals surface area contributed by atoms with Gasteiger partial charge in [0.2, 0.25) is 0 Å². The molecule has 2 rings (SSSR count). The molecule has 2 atom stereocenters. The average Bonchev–Trinajstić information content (AvgIpc) is 2.02. The fraction of sp³-hybridized carbons (Fsp3) is 1.00. The summed E-state index contributed by atoms with van der Waals surface area (Å²) in [5.41, 5.74) is 0. The zero-order valence-electron chi connectivity index (χ0n) is 7.12. The molecule has 2 aliphatic rings. The van der Waals surface area contributed by atoms with E-state index in [2.05, 4.69) is 5.32 Å². The summed E-state index contributed by atoms with van der Waals surface area (Å²) in [6, 6.07) is 0.262. The average molecular weight is 189 g/mol. The minimum absolute atomic E-state index is 0.262. The van der Waals surface area contributed by atoms with E-state index >= 15 is 0 Å². The van der Waals surface area contributed by atoms with Crippen LogP contribution in [0.3, 0.4) is 0 Å².